The summed E-state index contributed by atoms with van der Waals surface area (Å²) in [6.45, 7) is 0.0392. The maximum absolute atomic E-state index is 13.5. The van der Waals surface area contributed by atoms with Crippen molar-refractivity contribution in [1.82, 2.24) is 25.6 Å². The number of sulfone groups is 1. The van der Waals surface area contributed by atoms with Gasteiger partial charge in [-0.1, -0.05) is 53.9 Å². The third kappa shape index (κ3) is 8.70. The molecule has 0 saturated heterocycles. The second-order valence-electron chi connectivity index (χ2n) is 11.3. The highest BCUT2D eigenvalue weighted by atomic mass is 35.5. The van der Waals surface area contributed by atoms with Crippen LogP contribution in [0.15, 0.2) is 77.0 Å². The van der Waals surface area contributed by atoms with Crippen LogP contribution in [0, 0.1) is 0 Å². The number of amides is 1. The van der Waals surface area contributed by atoms with Crippen LogP contribution in [0.4, 0.5) is 5.69 Å². The Morgan fingerprint density at radius 2 is 1.89 bits per heavy atom. The summed E-state index contributed by atoms with van der Waals surface area (Å²) in [4.78, 5) is 18.5. The van der Waals surface area contributed by atoms with Crippen molar-refractivity contribution < 1.29 is 17.9 Å². The Kier molecular flexibility index (Phi) is 10.4. The van der Waals surface area contributed by atoms with E-state index in [1.807, 2.05) is 36.4 Å². The Morgan fingerprint density at radius 3 is 2.68 bits per heavy atom. The highest BCUT2D eigenvalue weighted by Crippen LogP contribution is 2.35. The summed E-state index contributed by atoms with van der Waals surface area (Å²) in [5.74, 6) is 0.995. The summed E-state index contributed by atoms with van der Waals surface area (Å²) in [5.41, 5.74) is 3.82. The molecule has 1 fully saturated rings. The van der Waals surface area contributed by atoms with E-state index < -0.39 is 9.84 Å². The molecule has 1 saturated carbocycles. The van der Waals surface area contributed by atoms with Crippen molar-refractivity contribution in [1.29, 1.82) is 0 Å². The molecule has 0 atom stereocenters. The summed E-state index contributed by atoms with van der Waals surface area (Å²) in [5, 5.41) is 20.3. The molecule has 10 nitrogen and oxygen atoms in total. The molecular weight excluding hydrogens is 656 g/mol. The van der Waals surface area contributed by atoms with Crippen LogP contribution in [0.1, 0.15) is 76.0 Å². The first kappa shape index (κ1) is 32.5. The lowest BCUT2D eigenvalue weighted by molar-refractivity contribution is 0.102. The van der Waals surface area contributed by atoms with E-state index in [0.29, 0.717) is 46.6 Å². The molecule has 0 unspecified atom stereocenters. The third-order valence-corrected chi connectivity index (χ3v) is 10.9. The highest BCUT2D eigenvalue weighted by molar-refractivity contribution is 7.91. The average molecular weight is 689 g/mol. The van der Waals surface area contributed by atoms with Crippen LogP contribution in [-0.2, 0) is 22.9 Å². The Bertz CT molecular complexity index is 1950. The second kappa shape index (κ2) is 15.0. The standard InChI is InChI=1S/C34H33ClN6O4S2/c35-27-12-14-28(15-13-27)47(43,44)18-4-6-24-10-16-31(45-21-32-38-40-41-39-32)29(20-24)37-34(42)26-9-3-5-23(19-26)11-17-33-36-30(22-46-33)25-7-1-2-8-25/h3,5,9-17,19-20,22,25H,1-2,4,6-8,18,21H2,(H,37,42)(H,38,39,40,41)/b17-11+. The normalized spacial score (nSPS) is 13.7. The monoisotopic (exact) mass is 688 g/mol. The van der Waals surface area contributed by atoms with Gasteiger partial charge in [0, 0.05) is 21.9 Å². The number of benzene rings is 3. The number of tetrazole rings is 1. The Labute approximate surface area is 282 Å². The van der Waals surface area contributed by atoms with Crippen molar-refractivity contribution in [2.24, 2.45) is 0 Å². The van der Waals surface area contributed by atoms with E-state index in [4.69, 9.17) is 21.3 Å². The minimum atomic E-state index is -3.47. The number of aromatic nitrogens is 5. The molecule has 0 radical (unpaired) electrons. The molecule has 1 amide bonds. The van der Waals surface area contributed by atoms with Crippen molar-refractivity contribution in [2.75, 3.05) is 11.1 Å². The van der Waals surface area contributed by atoms with E-state index in [1.165, 1.54) is 43.5 Å². The summed E-state index contributed by atoms with van der Waals surface area (Å²) in [7, 11) is -3.47. The van der Waals surface area contributed by atoms with Gasteiger partial charge < -0.3 is 10.1 Å². The zero-order valence-electron chi connectivity index (χ0n) is 25.4. The molecule has 2 aromatic heterocycles. The number of hydrogen-bond donors (Lipinski definition) is 2. The zero-order valence-corrected chi connectivity index (χ0v) is 27.8. The number of nitrogens with one attached hydrogen (secondary N) is 2. The number of ether oxygens (including phenoxy) is 1. The first-order valence-corrected chi connectivity index (χ1v) is 18.2. The summed E-state index contributed by atoms with van der Waals surface area (Å²) >= 11 is 7.55. The van der Waals surface area contributed by atoms with Crippen molar-refractivity contribution >= 4 is 56.5 Å². The van der Waals surface area contributed by atoms with Gasteiger partial charge in [0.05, 0.1) is 22.0 Å². The largest absolute Gasteiger partial charge is 0.483 e. The van der Waals surface area contributed by atoms with Crippen LogP contribution in [0.25, 0.3) is 12.2 Å². The maximum atomic E-state index is 13.5. The van der Waals surface area contributed by atoms with Gasteiger partial charge in [-0.2, -0.15) is 5.21 Å². The van der Waals surface area contributed by atoms with Crippen LogP contribution in [0.2, 0.25) is 5.02 Å². The van der Waals surface area contributed by atoms with Crippen molar-refractivity contribution in [2.45, 2.75) is 55.9 Å². The average Bonchev–Trinajstić information content (AvgIpc) is 3.87. The Hall–Kier alpha value is -4.39. The van der Waals surface area contributed by atoms with Crippen molar-refractivity contribution in [3.8, 4) is 5.75 Å². The maximum Gasteiger partial charge on any atom is 0.255 e. The van der Waals surface area contributed by atoms with E-state index >= 15 is 0 Å². The van der Waals surface area contributed by atoms with E-state index in [1.54, 1.807) is 41.7 Å². The van der Waals surface area contributed by atoms with Crippen LogP contribution < -0.4 is 10.1 Å². The SMILES string of the molecule is O=C(Nc1cc(CCCS(=O)(=O)c2ccc(Cl)cc2)ccc1OCc1nn[nH]n1)c1cccc(/C=C/c2nc(C3CCCC3)cs2)c1. The quantitative estimate of drug-likeness (QED) is 0.131. The van der Waals surface area contributed by atoms with E-state index in [-0.39, 0.29) is 23.2 Å². The van der Waals surface area contributed by atoms with E-state index in [9.17, 15) is 13.2 Å². The lowest BCUT2D eigenvalue weighted by Crippen LogP contribution is -2.14. The Morgan fingerprint density at radius 1 is 1.06 bits per heavy atom. The molecule has 6 rings (SSSR count). The van der Waals surface area contributed by atoms with Gasteiger partial charge in [0.1, 0.15) is 10.8 Å². The molecule has 1 aliphatic carbocycles. The molecule has 0 aliphatic heterocycles. The minimum absolute atomic E-state index is 0.0321. The lowest BCUT2D eigenvalue weighted by Gasteiger charge is -2.14. The minimum Gasteiger partial charge on any atom is -0.483 e. The molecule has 0 bridgehead atoms. The van der Waals surface area contributed by atoms with Crippen LogP contribution in [0.3, 0.4) is 0 Å². The van der Waals surface area contributed by atoms with Gasteiger partial charge >= 0.3 is 0 Å². The fraction of sp³-hybridized carbons (Fsp3) is 0.265. The first-order chi connectivity index (χ1) is 22.8. The molecule has 242 valence electrons. The molecule has 0 spiro atoms. The number of carbonyl (C=O) groups excluding carboxylic acids is 1. The number of nitrogens with zero attached hydrogens (tertiary/aromatic N) is 4. The van der Waals surface area contributed by atoms with Crippen LogP contribution in [0.5, 0.6) is 5.75 Å². The van der Waals surface area contributed by atoms with Gasteiger partial charge in [0.15, 0.2) is 16.4 Å². The second-order valence-corrected chi connectivity index (χ2v) is 14.8. The van der Waals surface area contributed by atoms with Crippen LogP contribution >= 0.6 is 22.9 Å². The molecule has 5 aromatic rings. The number of halogens is 1. The smallest absolute Gasteiger partial charge is 0.255 e. The van der Waals surface area contributed by atoms with Gasteiger partial charge in [-0.15, -0.1) is 21.5 Å². The van der Waals surface area contributed by atoms with Gasteiger partial charge in [0.25, 0.3) is 5.91 Å². The topological polar surface area (TPSA) is 140 Å². The predicted molar refractivity (Wildman–Crippen MR) is 183 cm³/mol. The molecule has 2 N–H and O–H groups in total. The number of rotatable bonds is 13. The fourth-order valence-corrected chi connectivity index (χ4v) is 7.73. The molecule has 3 aromatic carbocycles. The molecular formula is C34H33ClN6O4S2. The molecule has 13 heteroatoms. The highest BCUT2D eigenvalue weighted by Gasteiger charge is 2.19. The molecule has 47 heavy (non-hydrogen) atoms. The third-order valence-electron chi connectivity index (χ3n) is 7.97. The van der Waals surface area contributed by atoms with E-state index in [0.717, 1.165) is 16.1 Å². The van der Waals surface area contributed by atoms with Crippen molar-refractivity contribution in [3.05, 3.63) is 110 Å². The number of anilines is 1. The summed E-state index contributed by atoms with van der Waals surface area (Å²) in [6, 6.07) is 18.9. The fourth-order valence-electron chi connectivity index (χ4n) is 5.50. The van der Waals surface area contributed by atoms with E-state index in [2.05, 4.69) is 31.3 Å². The number of thiazole rings is 1. The van der Waals surface area contributed by atoms with Crippen molar-refractivity contribution in [3.63, 3.8) is 0 Å². The predicted octanol–water partition coefficient (Wildman–Crippen LogP) is 7.38. The molecule has 1 aliphatic rings. The number of aryl methyl sites for hydroxylation is 1. The summed E-state index contributed by atoms with van der Waals surface area (Å²) < 4.78 is 31.6. The van der Waals surface area contributed by atoms with Gasteiger partial charge in [-0.25, -0.2) is 13.4 Å². The lowest BCUT2D eigenvalue weighted by atomic mass is 10.1. The first-order valence-electron chi connectivity index (χ1n) is 15.3. The van der Waals surface area contributed by atoms with Gasteiger partial charge in [-0.05, 0) is 91.4 Å². The number of H-pyrrole nitrogens is 1. The summed E-state index contributed by atoms with van der Waals surface area (Å²) in [6.07, 6.45) is 9.78. The molecule has 2 heterocycles. The number of carbonyl (C=O) groups is 1. The number of hydrogen-bond acceptors (Lipinski definition) is 9. The van der Waals surface area contributed by atoms with Gasteiger partial charge in [-0.3, -0.25) is 4.79 Å². The van der Waals surface area contributed by atoms with Crippen LogP contribution in [-0.4, -0.2) is 45.7 Å². The number of aromatic amines is 1. The zero-order chi connectivity index (χ0) is 32.6. The Balaban J connectivity index is 1.14. The van der Waals surface area contributed by atoms with Gasteiger partial charge in [0.2, 0.25) is 5.82 Å².